The van der Waals surface area contributed by atoms with Crippen molar-refractivity contribution >= 4 is 24.2 Å². The van der Waals surface area contributed by atoms with Gasteiger partial charge in [0.2, 0.25) is 0 Å². The molecule has 6 heteroatoms. The summed E-state index contributed by atoms with van der Waals surface area (Å²) in [5.74, 6) is 0. The molecule has 0 aromatic carbocycles. The molecule has 0 radical (unpaired) electrons. The molecule has 1 aromatic rings. The monoisotopic (exact) mass is 182 g/mol. The van der Waals surface area contributed by atoms with Gasteiger partial charge in [0.15, 0.2) is 0 Å². The van der Waals surface area contributed by atoms with Gasteiger partial charge in [-0.2, -0.15) is 5.26 Å². The van der Waals surface area contributed by atoms with Gasteiger partial charge in [-0.05, 0) is 6.07 Å². The van der Waals surface area contributed by atoms with E-state index >= 15 is 0 Å². The van der Waals surface area contributed by atoms with Crippen LogP contribution in [0, 0.1) is 11.3 Å². The smallest absolute Gasteiger partial charge is 0.423 e. The number of hydrogen-bond donors (Lipinski definition) is 2. The third kappa shape index (κ3) is 1.74. The van der Waals surface area contributed by atoms with Gasteiger partial charge >= 0.3 is 7.12 Å². The van der Waals surface area contributed by atoms with Gasteiger partial charge in [0.1, 0.15) is 11.2 Å². The van der Waals surface area contributed by atoms with Gasteiger partial charge in [-0.15, -0.1) is 0 Å². The molecule has 0 spiro atoms. The molecular formula is C6H4BClN2O2. The van der Waals surface area contributed by atoms with E-state index in [4.69, 9.17) is 26.9 Å². The van der Waals surface area contributed by atoms with Crippen molar-refractivity contribution in [2.75, 3.05) is 0 Å². The summed E-state index contributed by atoms with van der Waals surface area (Å²) in [5, 5.41) is 25.9. The third-order valence-corrected chi connectivity index (χ3v) is 1.59. The Hall–Kier alpha value is -1.09. The Bertz CT molecular complexity index is 337. The fraction of sp³-hybridized carbons (Fsp3) is 0. The SMILES string of the molecule is N#Cc1cnc(Cl)c(B(O)O)c1. The zero-order chi connectivity index (χ0) is 9.14. The lowest BCUT2D eigenvalue weighted by molar-refractivity contribution is 0.425. The van der Waals surface area contributed by atoms with E-state index in [0.717, 1.165) is 0 Å². The van der Waals surface area contributed by atoms with Gasteiger partial charge in [0.25, 0.3) is 0 Å². The highest BCUT2D eigenvalue weighted by Gasteiger charge is 2.16. The number of aromatic nitrogens is 1. The minimum atomic E-state index is -1.70. The maximum absolute atomic E-state index is 8.75. The standard InChI is InChI=1S/C6H4BClN2O2/c8-6-5(7(11)12)1-4(2-9)3-10-6/h1,3,11-12H. The summed E-state index contributed by atoms with van der Waals surface area (Å²) in [4.78, 5) is 3.59. The summed E-state index contributed by atoms with van der Waals surface area (Å²) in [6, 6.07) is 3.08. The first-order chi connectivity index (χ1) is 5.65. The van der Waals surface area contributed by atoms with Crippen molar-refractivity contribution in [3.05, 3.63) is 23.0 Å². The van der Waals surface area contributed by atoms with Crippen LogP contribution in [0.4, 0.5) is 0 Å². The van der Waals surface area contributed by atoms with Crippen molar-refractivity contribution in [3.8, 4) is 6.07 Å². The highest BCUT2D eigenvalue weighted by molar-refractivity contribution is 6.62. The van der Waals surface area contributed by atoms with Crippen LogP contribution in [0.15, 0.2) is 12.3 Å². The molecule has 0 unspecified atom stereocenters. The molecule has 0 saturated carbocycles. The Kier molecular flexibility index (Phi) is 2.66. The normalized spacial score (nSPS) is 9.17. The molecule has 0 aliphatic carbocycles. The van der Waals surface area contributed by atoms with Gasteiger partial charge in [-0.25, -0.2) is 4.98 Å². The van der Waals surface area contributed by atoms with E-state index in [-0.39, 0.29) is 16.2 Å². The molecule has 0 aliphatic heterocycles. The molecule has 1 aromatic heterocycles. The third-order valence-electron chi connectivity index (χ3n) is 1.27. The molecule has 0 bridgehead atoms. The molecular weight excluding hydrogens is 178 g/mol. The predicted molar refractivity (Wildman–Crippen MR) is 43.8 cm³/mol. The largest absolute Gasteiger partial charge is 0.491 e. The van der Waals surface area contributed by atoms with Crippen LogP contribution in [-0.2, 0) is 0 Å². The Balaban J connectivity index is 3.19. The fourth-order valence-electron chi connectivity index (χ4n) is 0.707. The van der Waals surface area contributed by atoms with E-state index < -0.39 is 7.12 Å². The topological polar surface area (TPSA) is 77.1 Å². The number of rotatable bonds is 1. The second-order valence-corrected chi connectivity index (χ2v) is 2.45. The first-order valence-electron chi connectivity index (χ1n) is 3.07. The van der Waals surface area contributed by atoms with Crippen LogP contribution in [0.25, 0.3) is 0 Å². The van der Waals surface area contributed by atoms with Crippen LogP contribution in [0.2, 0.25) is 5.15 Å². The summed E-state index contributed by atoms with van der Waals surface area (Å²) in [7, 11) is -1.70. The van der Waals surface area contributed by atoms with Crippen molar-refractivity contribution in [1.82, 2.24) is 4.98 Å². The molecule has 1 heterocycles. The van der Waals surface area contributed by atoms with Gasteiger partial charge in [-0.3, -0.25) is 0 Å². The second-order valence-electron chi connectivity index (χ2n) is 2.09. The molecule has 2 N–H and O–H groups in total. The van der Waals surface area contributed by atoms with E-state index in [9.17, 15) is 0 Å². The van der Waals surface area contributed by atoms with Gasteiger partial charge in [-0.1, -0.05) is 11.6 Å². The Morgan fingerprint density at radius 1 is 1.58 bits per heavy atom. The van der Waals surface area contributed by atoms with Crippen molar-refractivity contribution in [2.24, 2.45) is 0 Å². The lowest BCUT2D eigenvalue weighted by Gasteiger charge is -2.00. The Labute approximate surface area is 74.2 Å². The summed E-state index contributed by atoms with van der Waals surface area (Å²) < 4.78 is 0. The van der Waals surface area contributed by atoms with E-state index in [0.29, 0.717) is 0 Å². The summed E-state index contributed by atoms with van der Waals surface area (Å²) >= 11 is 5.51. The minimum Gasteiger partial charge on any atom is -0.423 e. The number of nitriles is 1. The molecule has 0 fully saturated rings. The molecule has 0 saturated heterocycles. The average Bonchev–Trinajstić information content (AvgIpc) is 2.05. The average molecular weight is 182 g/mol. The first kappa shape index (κ1) is 9.01. The van der Waals surface area contributed by atoms with Gasteiger partial charge in [0, 0.05) is 11.7 Å². The van der Waals surface area contributed by atoms with Crippen molar-refractivity contribution in [2.45, 2.75) is 0 Å². The number of nitrogens with zero attached hydrogens (tertiary/aromatic N) is 2. The van der Waals surface area contributed by atoms with Crippen molar-refractivity contribution in [1.29, 1.82) is 5.26 Å². The van der Waals surface area contributed by atoms with Crippen LogP contribution in [-0.4, -0.2) is 22.2 Å². The molecule has 1 rings (SSSR count). The lowest BCUT2D eigenvalue weighted by Crippen LogP contribution is -2.31. The van der Waals surface area contributed by atoms with E-state index in [2.05, 4.69) is 4.98 Å². The van der Waals surface area contributed by atoms with E-state index in [1.165, 1.54) is 12.3 Å². The van der Waals surface area contributed by atoms with Crippen molar-refractivity contribution < 1.29 is 10.0 Å². The van der Waals surface area contributed by atoms with Crippen LogP contribution < -0.4 is 5.46 Å². The maximum Gasteiger partial charge on any atom is 0.491 e. The molecule has 0 atom stereocenters. The van der Waals surface area contributed by atoms with Gasteiger partial charge in [0.05, 0.1) is 5.56 Å². The number of halogens is 1. The Morgan fingerprint density at radius 3 is 2.75 bits per heavy atom. The highest BCUT2D eigenvalue weighted by Crippen LogP contribution is 2.02. The second kappa shape index (κ2) is 3.54. The molecule has 60 valence electrons. The summed E-state index contributed by atoms with van der Waals surface area (Å²) in [6.45, 7) is 0. The summed E-state index contributed by atoms with van der Waals surface area (Å²) in [5.41, 5.74) is 0.276. The molecule has 12 heavy (non-hydrogen) atoms. The van der Waals surface area contributed by atoms with Crippen LogP contribution in [0.3, 0.4) is 0 Å². The quantitative estimate of drug-likeness (QED) is 0.444. The molecule has 0 amide bonds. The Morgan fingerprint density at radius 2 is 2.25 bits per heavy atom. The number of hydrogen-bond acceptors (Lipinski definition) is 4. The maximum atomic E-state index is 8.75. The minimum absolute atomic E-state index is 0.0102. The van der Waals surface area contributed by atoms with Crippen LogP contribution in [0.5, 0.6) is 0 Å². The van der Waals surface area contributed by atoms with Crippen molar-refractivity contribution in [3.63, 3.8) is 0 Å². The zero-order valence-electron chi connectivity index (χ0n) is 5.90. The molecule has 4 nitrogen and oxygen atoms in total. The van der Waals surface area contributed by atoms with E-state index in [1.807, 2.05) is 0 Å². The summed E-state index contributed by atoms with van der Waals surface area (Å²) in [6.07, 6.45) is 1.26. The van der Waals surface area contributed by atoms with Gasteiger partial charge < -0.3 is 10.0 Å². The highest BCUT2D eigenvalue weighted by atomic mass is 35.5. The zero-order valence-corrected chi connectivity index (χ0v) is 6.65. The fourth-order valence-corrected chi connectivity index (χ4v) is 0.908. The van der Waals surface area contributed by atoms with Crippen LogP contribution in [0.1, 0.15) is 5.56 Å². The van der Waals surface area contributed by atoms with Crippen LogP contribution >= 0.6 is 11.6 Å². The lowest BCUT2D eigenvalue weighted by atomic mass is 9.81. The molecule has 0 aliphatic rings. The number of pyridine rings is 1. The predicted octanol–water partition coefficient (Wildman–Crippen LogP) is -0.714. The van der Waals surface area contributed by atoms with E-state index in [1.54, 1.807) is 6.07 Å². The first-order valence-corrected chi connectivity index (χ1v) is 3.44.